The molecule has 1 aromatic rings. The quantitative estimate of drug-likeness (QED) is 0.773. The van der Waals surface area contributed by atoms with Gasteiger partial charge >= 0.3 is 0 Å². The second-order valence-corrected chi connectivity index (χ2v) is 4.92. The van der Waals surface area contributed by atoms with Crippen LogP contribution in [0.5, 0.6) is 5.75 Å². The van der Waals surface area contributed by atoms with Crippen LogP contribution in [0, 0.1) is 0 Å². The molecule has 0 N–H and O–H groups in total. The minimum absolute atomic E-state index is 0.0524. The Morgan fingerprint density at radius 1 is 1.42 bits per heavy atom. The summed E-state index contributed by atoms with van der Waals surface area (Å²) in [4.78, 5) is 13.3. The number of hydrogen-bond donors (Lipinski definition) is 0. The Labute approximate surface area is 119 Å². The molecule has 1 aromatic carbocycles. The van der Waals surface area contributed by atoms with E-state index in [2.05, 4.69) is 0 Å². The van der Waals surface area contributed by atoms with Gasteiger partial charge in [0.2, 0.25) is 5.91 Å². The van der Waals surface area contributed by atoms with Gasteiger partial charge in [-0.25, -0.2) is 0 Å². The number of ether oxygens (including phenoxy) is 2. The molecule has 0 spiro atoms. The third kappa shape index (κ3) is 6.45. The molecule has 0 aromatic heterocycles. The highest BCUT2D eigenvalue weighted by atomic mass is 35.5. The summed E-state index contributed by atoms with van der Waals surface area (Å²) in [6, 6.07) is 7.18. The highest BCUT2D eigenvalue weighted by Gasteiger charge is 2.09. The highest BCUT2D eigenvalue weighted by molar-refractivity contribution is 6.30. The molecule has 0 saturated carbocycles. The molecule has 19 heavy (non-hydrogen) atoms. The van der Waals surface area contributed by atoms with Gasteiger partial charge in [-0.15, -0.1) is 0 Å². The second-order valence-electron chi connectivity index (χ2n) is 4.48. The van der Waals surface area contributed by atoms with Crippen LogP contribution in [-0.2, 0) is 9.53 Å². The summed E-state index contributed by atoms with van der Waals surface area (Å²) < 4.78 is 10.8. The van der Waals surface area contributed by atoms with E-state index in [0.29, 0.717) is 23.9 Å². The van der Waals surface area contributed by atoms with E-state index < -0.39 is 0 Å². The van der Waals surface area contributed by atoms with Crippen molar-refractivity contribution in [3.05, 3.63) is 29.3 Å². The highest BCUT2D eigenvalue weighted by Crippen LogP contribution is 2.16. The molecule has 106 valence electrons. The zero-order chi connectivity index (χ0) is 14.3. The second kappa shape index (κ2) is 8.02. The summed E-state index contributed by atoms with van der Waals surface area (Å²) in [6.07, 6.45) is 0.0556. The molecule has 0 fully saturated rings. The maximum Gasteiger partial charge on any atom is 0.248 e. The summed E-state index contributed by atoms with van der Waals surface area (Å²) in [6.45, 7) is 4.83. The number of halogens is 1. The molecule has 0 atom stereocenters. The molecule has 4 nitrogen and oxygen atoms in total. The monoisotopic (exact) mass is 285 g/mol. The van der Waals surface area contributed by atoms with Crippen molar-refractivity contribution in [1.82, 2.24) is 4.90 Å². The van der Waals surface area contributed by atoms with Crippen molar-refractivity contribution in [2.75, 3.05) is 26.8 Å². The predicted octanol–water partition coefficient (Wildman–Crippen LogP) is 2.60. The maximum atomic E-state index is 11.7. The van der Waals surface area contributed by atoms with Gasteiger partial charge in [-0.2, -0.15) is 0 Å². The van der Waals surface area contributed by atoms with Crippen LogP contribution in [0.25, 0.3) is 0 Å². The van der Waals surface area contributed by atoms with Crippen molar-refractivity contribution in [3.8, 4) is 5.75 Å². The predicted molar refractivity (Wildman–Crippen MR) is 75.7 cm³/mol. The zero-order valence-electron chi connectivity index (χ0n) is 11.6. The Morgan fingerprint density at radius 3 is 2.79 bits per heavy atom. The third-order valence-corrected chi connectivity index (χ3v) is 2.69. The number of hydrogen-bond acceptors (Lipinski definition) is 3. The molecule has 1 amide bonds. The number of amides is 1. The van der Waals surface area contributed by atoms with Gasteiger partial charge in [0.05, 0.1) is 12.6 Å². The normalized spacial score (nSPS) is 10.6. The first kappa shape index (κ1) is 15.8. The first-order chi connectivity index (χ1) is 8.99. The first-order valence-electron chi connectivity index (χ1n) is 6.23. The topological polar surface area (TPSA) is 38.8 Å². The van der Waals surface area contributed by atoms with E-state index in [-0.39, 0.29) is 18.6 Å². The molecular formula is C14H20ClNO3. The van der Waals surface area contributed by atoms with Gasteiger partial charge in [-0.1, -0.05) is 17.7 Å². The average molecular weight is 286 g/mol. The van der Waals surface area contributed by atoms with Crippen LogP contribution < -0.4 is 4.74 Å². The molecule has 0 heterocycles. The van der Waals surface area contributed by atoms with Crippen LogP contribution in [0.15, 0.2) is 24.3 Å². The van der Waals surface area contributed by atoms with Crippen molar-refractivity contribution >= 4 is 17.5 Å². The standard InChI is InChI=1S/C14H20ClNO3/c1-11(2)19-10-14(17)16(3)7-8-18-13-6-4-5-12(15)9-13/h4-6,9,11H,7-8,10H2,1-3H3. The summed E-state index contributed by atoms with van der Waals surface area (Å²) in [5, 5.41) is 0.632. The van der Waals surface area contributed by atoms with Gasteiger partial charge < -0.3 is 14.4 Å². The SMILES string of the molecule is CC(C)OCC(=O)N(C)CCOc1cccc(Cl)c1. The third-order valence-electron chi connectivity index (χ3n) is 2.46. The summed E-state index contributed by atoms with van der Waals surface area (Å²) >= 11 is 5.85. The average Bonchev–Trinajstić information content (AvgIpc) is 2.35. The Kier molecular flexibility index (Phi) is 6.67. The van der Waals surface area contributed by atoms with Crippen molar-refractivity contribution in [1.29, 1.82) is 0 Å². The number of benzene rings is 1. The zero-order valence-corrected chi connectivity index (χ0v) is 12.3. The minimum atomic E-state index is -0.0524. The van der Waals surface area contributed by atoms with Crippen LogP contribution in [0.3, 0.4) is 0 Å². The molecule has 5 heteroatoms. The van der Waals surface area contributed by atoms with E-state index in [4.69, 9.17) is 21.1 Å². The van der Waals surface area contributed by atoms with Crippen LogP contribution in [0.4, 0.5) is 0 Å². The minimum Gasteiger partial charge on any atom is -0.492 e. The number of carbonyl (C=O) groups excluding carboxylic acids is 1. The molecule has 0 saturated heterocycles. The molecule has 0 unspecified atom stereocenters. The van der Waals surface area contributed by atoms with Crippen molar-refractivity contribution in [2.24, 2.45) is 0 Å². The smallest absolute Gasteiger partial charge is 0.248 e. The lowest BCUT2D eigenvalue weighted by Crippen LogP contribution is -2.34. The summed E-state index contributed by atoms with van der Waals surface area (Å²) in [7, 11) is 1.73. The first-order valence-corrected chi connectivity index (χ1v) is 6.60. The van der Waals surface area contributed by atoms with Gasteiger partial charge in [-0.05, 0) is 32.0 Å². The van der Waals surface area contributed by atoms with Gasteiger partial charge in [0.25, 0.3) is 0 Å². The van der Waals surface area contributed by atoms with E-state index in [0.717, 1.165) is 0 Å². The number of carbonyl (C=O) groups is 1. The molecule has 0 aliphatic heterocycles. The van der Waals surface area contributed by atoms with Crippen molar-refractivity contribution in [2.45, 2.75) is 20.0 Å². The van der Waals surface area contributed by atoms with Crippen LogP contribution >= 0.6 is 11.6 Å². The largest absolute Gasteiger partial charge is 0.492 e. The van der Waals surface area contributed by atoms with Gasteiger partial charge in [-0.3, -0.25) is 4.79 Å². The molecule has 0 aliphatic rings. The lowest BCUT2D eigenvalue weighted by molar-refractivity contribution is -0.136. The fraction of sp³-hybridized carbons (Fsp3) is 0.500. The maximum absolute atomic E-state index is 11.7. The molecule has 0 radical (unpaired) electrons. The summed E-state index contributed by atoms with van der Waals surface area (Å²) in [5.41, 5.74) is 0. The van der Waals surface area contributed by atoms with E-state index in [1.54, 1.807) is 24.1 Å². The van der Waals surface area contributed by atoms with E-state index in [1.807, 2.05) is 26.0 Å². The molecular weight excluding hydrogens is 266 g/mol. The number of nitrogens with zero attached hydrogens (tertiary/aromatic N) is 1. The van der Waals surface area contributed by atoms with Gasteiger partial charge in [0.1, 0.15) is 19.0 Å². The molecule has 0 aliphatic carbocycles. The lowest BCUT2D eigenvalue weighted by Gasteiger charge is -2.18. The van der Waals surface area contributed by atoms with Crippen LogP contribution in [-0.4, -0.2) is 43.7 Å². The van der Waals surface area contributed by atoms with E-state index in [1.165, 1.54) is 0 Å². The van der Waals surface area contributed by atoms with Gasteiger partial charge in [0.15, 0.2) is 0 Å². The fourth-order valence-corrected chi connectivity index (χ4v) is 1.51. The van der Waals surface area contributed by atoms with Crippen molar-refractivity contribution < 1.29 is 14.3 Å². The van der Waals surface area contributed by atoms with Crippen LogP contribution in [0.2, 0.25) is 5.02 Å². The Balaban J connectivity index is 2.26. The summed E-state index contributed by atoms with van der Waals surface area (Å²) in [5.74, 6) is 0.648. The van der Waals surface area contributed by atoms with E-state index >= 15 is 0 Å². The van der Waals surface area contributed by atoms with Gasteiger partial charge in [0, 0.05) is 12.1 Å². The lowest BCUT2D eigenvalue weighted by atomic mass is 10.3. The Morgan fingerprint density at radius 2 is 2.16 bits per heavy atom. The van der Waals surface area contributed by atoms with E-state index in [9.17, 15) is 4.79 Å². The van der Waals surface area contributed by atoms with Crippen LogP contribution in [0.1, 0.15) is 13.8 Å². The molecule has 1 rings (SSSR count). The Hall–Kier alpha value is -1.26. The number of likely N-dealkylation sites (N-methyl/N-ethyl adjacent to an activating group) is 1. The van der Waals surface area contributed by atoms with Crippen molar-refractivity contribution in [3.63, 3.8) is 0 Å². The number of rotatable bonds is 7. The Bertz CT molecular complexity index is 409. The molecule has 0 bridgehead atoms. The fourth-order valence-electron chi connectivity index (χ4n) is 1.33.